The quantitative estimate of drug-likeness (QED) is 0.0341. The van der Waals surface area contributed by atoms with Crippen LogP contribution in [0, 0.1) is 53.5 Å². The first-order chi connectivity index (χ1) is 23.9. The van der Waals surface area contributed by atoms with Crippen molar-refractivity contribution in [2.45, 2.75) is 50.1 Å². The first kappa shape index (κ1) is 64.3. The van der Waals surface area contributed by atoms with Crippen LogP contribution in [0.15, 0.2) is 0 Å². The maximum Gasteiger partial charge on any atom is 0.0976 e. The number of ether oxygens (including phenoxy) is 8. The van der Waals surface area contributed by atoms with Gasteiger partial charge >= 0.3 is 0 Å². The summed E-state index contributed by atoms with van der Waals surface area (Å²) in [7, 11) is 18.8. The molecule has 0 aliphatic carbocycles. The molecule has 18 nitrogen and oxygen atoms in total. The van der Waals surface area contributed by atoms with Gasteiger partial charge in [-0.2, -0.15) is 0 Å². The molecule has 0 spiro atoms. The van der Waals surface area contributed by atoms with Gasteiger partial charge in [0.05, 0.1) is 88.1 Å². The molecule has 0 aromatic heterocycles. The number of hydrogen-bond donors (Lipinski definition) is 10. The van der Waals surface area contributed by atoms with Crippen molar-refractivity contribution >= 4 is 0 Å². The summed E-state index contributed by atoms with van der Waals surface area (Å²) in [5.74, 6) is 0. The van der Waals surface area contributed by atoms with Gasteiger partial charge in [0.1, 0.15) is 0 Å². The fourth-order valence-corrected chi connectivity index (χ4v) is 3.28. The standard InChI is InChI=1S/2C9H19O5.2C7H14O4.3Rf/c2*1-13-5-9(12)7-14-6-8(11)3-2-4-10;2*1-10-5-7(3-8,4-9)6-11-2;;;/h2*8-12H,1-7H2;2*8-9H,1-6H2;;;/q2*-1;2*-2;;;. The van der Waals surface area contributed by atoms with Crippen LogP contribution < -0.4 is 0 Å². The summed E-state index contributed by atoms with van der Waals surface area (Å²) >= 11 is 0. The van der Waals surface area contributed by atoms with Crippen LogP contribution in [0.1, 0.15) is 25.7 Å². The van der Waals surface area contributed by atoms with E-state index in [1.54, 1.807) is 0 Å². The van der Waals surface area contributed by atoms with E-state index in [1.165, 1.54) is 0 Å². The monoisotopic (exact) mass is 1540 g/mol. The van der Waals surface area contributed by atoms with E-state index in [0.717, 1.165) is 0 Å². The zero-order chi connectivity index (χ0) is 39.1. The van der Waals surface area contributed by atoms with Crippen molar-refractivity contribution in [3.05, 3.63) is 42.7 Å². The van der Waals surface area contributed by atoms with Crippen molar-refractivity contribution in [3.8, 4) is 0 Å². The summed E-state index contributed by atoms with van der Waals surface area (Å²) in [5.41, 5.74) is -1.55. The van der Waals surface area contributed by atoms with Gasteiger partial charge in [0, 0.05) is 52.9 Å². The molecule has 314 valence electrons. The van der Waals surface area contributed by atoms with Gasteiger partial charge in [0.25, 0.3) is 0 Å². The largest absolute Gasteiger partial charge is 0.554 e. The Kier molecular flexibility index (Phi) is 56.1. The van der Waals surface area contributed by atoms with Crippen molar-refractivity contribution in [3.63, 3.8) is 0 Å². The first-order valence-corrected chi connectivity index (χ1v) is 15.6. The van der Waals surface area contributed by atoms with Crippen LogP contribution >= 0.6 is 0 Å². The molecule has 53 heavy (non-hydrogen) atoms. The summed E-state index contributed by atoms with van der Waals surface area (Å²) in [6.45, 7) is 0.658. The van der Waals surface area contributed by atoms with E-state index in [1.807, 2.05) is 0 Å². The van der Waals surface area contributed by atoms with Crippen LogP contribution in [-0.4, -0.2) is 181 Å². The fourth-order valence-electron chi connectivity index (χ4n) is 3.28. The zero-order valence-electron chi connectivity index (χ0n) is 31.6. The molecular weight excluding hydrogens is 1470 g/mol. The van der Waals surface area contributed by atoms with Gasteiger partial charge in [0.15, 0.2) is 0 Å². The minimum Gasteiger partial charge on any atom is -0.554 e. The molecule has 0 aromatic rings. The molecule has 0 amide bonds. The van der Waals surface area contributed by atoms with Crippen molar-refractivity contribution in [1.29, 1.82) is 0 Å². The summed E-state index contributed by atoms with van der Waals surface area (Å²) in [5, 5.41) is 89.2. The number of aliphatic hydroxyl groups is 10. The second kappa shape index (κ2) is 46.3. The molecular formula is C32H66O18Rf3-6. The van der Waals surface area contributed by atoms with Crippen molar-refractivity contribution < 1.29 is 89.0 Å². The third-order valence-corrected chi connectivity index (χ3v) is 6.23. The molecule has 0 saturated heterocycles. The molecule has 21 heteroatoms. The van der Waals surface area contributed by atoms with Gasteiger partial charge < -0.3 is 89.0 Å². The van der Waals surface area contributed by atoms with Crippen molar-refractivity contribution in [2.24, 2.45) is 10.8 Å². The van der Waals surface area contributed by atoms with E-state index < -0.39 is 35.2 Å². The molecule has 0 heterocycles. The van der Waals surface area contributed by atoms with Crippen LogP contribution in [0.4, 0.5) is 0 Å². The second-order valence-corrected chi connectivity index (χ2v) is 11.2. The van der Waals surface area contributed by atoms with Gasteiger partial charge in [-0.15, -0.1) is 0 Å². The van der Waals surface area contributed by atoms with E-state index >= 15 is 0 Å². The average molecular weight is 1540 g/mol. The molecule has 0 bridgehead atoms. The Bertz CT molecular complexity index is 577. The van der Waals surface area contributed by atoms with Crippen LogP contribution in [0.2, 0.25) is 0 Å². The molecule has 0 rings (SSSR count). The average Bonchev–Trinajstić information content (AvgIpc) is 3.10. The summed E-state index contributed by atoms with van der Waals surface area (Å²) in [6.07, 6.45) is -0.499. The van der Waals surface area contributed by atoms with Crippen LogP contribution in [0.5, 0.6) is 0 Å². The van der Waals surface area contributed by atoms with Gasteiger partial charge in [-0.05, 0) is 25.7 Å². The predicted molar refractivity (Wildman–Crippen MR) is 179 cm³/mol. The number of hydrogen-bond acceptors (Lipinski definition) is 18. The van der Waals surface area contributed by atoms with E-state index in [0.29, 0.717) is 25.7 Å². The maximum absolute atomic E-state index is 9.26. The van der Waals surface area contributed by atoms with Crippen molar-refractivity contribution in [1.82, 2.24) is 0 Å². The maximum atomic E-state index is 9.26. The van der Waals surface area contributed by atoms with E-state index in [2.05, 4.69) is 71.1 Å². The smallest absolute Gasteiger partial charge is 0.0976 e. The third kappa shape index (κ3) is 40.9. The number of aliphatic hydroxyl groups excluding tert-OH is 10. The molecule has 0 radical (unpaired) electrons. The summed E-state index contributed by atoms with van der Waals surface area (Å²) in [6, 6.07) is 0. The topological polar surface area (TPSA) is 276 Å². The van der Waals surface area contributed by atoms with Crippen LogP contribution in [0.3, 0.4) is 0 Å². The first-order valence-electron chi connectivity index (χ1n) is 15.6. The minimum atomic E-state index is -0.774. The normalized spacial score (nSPS) is 13.1. The molecule has 0 aromatic carbocycles. The SMILES string of the molecule is [CH2-]OCC(CO)(CO)CO[CH2-].[CH2-]OCC(CO)(CO)CO[CH2-].[CH2-]OCC(O)COCC(O)CCCO.[CH2-]OCC(O)COCC(O)CCCO.[Rf].[Rf].[Rf]. The Labute approximate surface area is 298 Å². The van der Waals surface area contributed by atoms with Gasteiger partial charge in [-0.3, -0.25) is 0 Å². The Hall–Kier alpha value is -3.72. The summed E-state index contributed by atoms with van der Waals surface area (Å²) < 4.78 is 37.2. The Morgan fingerprint density at radius 3 is 0.811 bits per heavy atom. The molecule has 10 N–H and O–H groups in total. The van der Waals surface area contributed by atoms with Crippen molar-refractivity contribution in [2.75, 3.05) is 106 Å². The second-order valence-electron chi connectivity index (χ2n) is 11.2. The van der Waals surface area contributed by atoms with Gasteiger partial charge in [0.2, 0.25) is 0 Å². The molecule has 4 unspecified atom stereocenters. The molecule has 4 atom stereocenters. The molecule has 0 saturated carbocycles. The Morgan fingerprint density at radius 1 is 0.377 bits per heavy atom. The van der Waals surface area contributed by atoms with Gasteiger partial charge in [-0.1, -0.05) is 0 Å². The number of rotatable bonds is 30. The molecule has 0 aliphatic rings. The zero-order valence-corrected chi connectivity index (χ0v) is 50.8. The Morgan fingerprint density at radius 2 is 0.623 bits per heavy atom. The van der Waals surface area contributed by atoms with E-state index in [-0.39, 0.29) is 106 Å². The third-order valence-electron chi connectivity index (χ3n) is 6.23. The minimum absolute atomic E-state index is 0. The van der Waals surface area contributed by atoms with Crippen LogP contribution in [0.25, 0.3) is 0 Å². The van der Waals surface area contributed by atoms with Crippen LogP contribution in [-0.2, 0) is 37.9 Å². The Balaban J connectivity index is -0.000000105. The predicted octanol–water partition coefficient (Wildman–Crippen LogP) is -2.24. The molecule has 0 fully saturated rings. The van der Waals surface area contributed by atoms with E-state index in [4.69, 9.17) is 50.3 Å². The summed E-state index contributed by atoms with van der Waals surface area (Å²) in [4.78, 5) is 0. The van der Waals surface area contributed by atoms with E-state index in [9.17, 15) is 10.2 Å². The van der Waals surface area contributed by atoms with Gasteiger partial charge in [-0.25, -0.2) is 42.7 Å². The molecule has 0 aliphatic heterocycles. The fraction of sp³-hybridized carbons (Fsp3) is 0.812.